The topological polar surface area (TPSA) is 97.1 Å². The molecule has 2 heterocycles. The Morgan fingerprint density at radius 1 is 1.04 bits per heavy atom. The fourth-order valence-electron chi connectivity index (χ4n) is 2.34. The Morgan fingerprint density at radius 2 is 1.77 bits per heavy atom. The minimum absolute atomic E-state index is 0.135. The van der Waals surface area contributed by atoms with E-state index in [1.807, 2.05) is 11.4 Å². The summed E-state index contributed by atoms with van der Waals surface area (Å²) in [4.78, 5) is 28.7. The van der Waals surface area contributed by atoms with Gasteiger partial charge in [0.1, 0.15) is 0 Å². The largest absolute Gasteiger partial charge is 0.349 e. The number of carbonyl (C=O) groups is 2. The summed E-state index contributed by atoms with van der Waals surface area (Å²) in [6.45, 7) is 0.319. The Labute approximate surface area is 155 Å². The predicted octanol–water partition coefficient (Wildman–Crippen LogP) is 2.83. The van der Waals surface area contributed by atoms with Crippen molar-refractivity contribution in [1.82, 2.24) is 10.3 Å². The molecule has 0 saturated carbocycles. The Balaban J connectivity index is 1.56. The summed E-state index contributed by atoms with van der Waals surface area (Å²) in [7, 11) is 0. The van der Waals surface area contributed by atoms with Crippen molar-refractivity contribution in [2.45, 2.75) is 6.04 Å². The van der Waals surface area contributed by atoms with Gasteiger partial charge in [-0.1, -0.05) is 18.2 Å². The van der Waals surface area contributed by atoms with Gasteiger partial charge < -0.3 is 16.4 Å². The van der Waals surface area contributed by atoms with Crippen LogP contribution in [0.4, 0.5) is 5.69 Å². The highest BCUT2D eigenvalue weighted by molar-refractivity contribution is 7.12. The van der Waals surface area contributed by atoms with E-state index in [0.29, 0.717) is 22.7 Å². The third-order valence-electron chi connectivity index (χ3n) is 3.77. The van der Waals surface area contributed by atoms with Crippen LogP contribution in [-0.4, -0.2) is 23.3 Å². The van der Waals surface area contributed by atoms with Crippen molar-refractivity contribution in [1.29, 1.82) is 0 Å². The number of nitrogens with one attached hydrogen (secondary N) is 2. The molecule has 0 spiro atoms. The maximum absolute atomic E-state index is 12.2. The molecule has 3 aromatic rings. The van der Waals surface area contributed by atoms with Crippen LogP contribution in [0.15, 0.2) is 66.3 Å². The van der Waals surface area contributed by atoms with E-state index in [2.05, 4.69) is 15.6 Å². The first kappa shape index (κ1) is 17.8. The molecule has 2 amide bonds. The third kappa shape index (κ3) is 4.53. The van der Waals surface area contributed by atoms with E-state index in [4.69, 9.17) is 5.73 Å². The highest BCUT2D eigenvalue weighted by atomic mass is 32.1. The molecule has 1 unspecified atom stereocenters. The van der Waals surface area contributed by atoms with E-state index in [0.717, 1.165) is 5.56 Å². The van der Waals surface area contributed by atoms with Crippen LogP contribution < -0.4 is 16.4 Å². The lowest BCUT2D eigenvalue weighted by Gasteiger charge is -2.13. The standard InChI is InChI=1S/C19H18N4O2S/c20-16(12-22-19(25)17-2-1-11-26-17)13-3-5-14(6-4-13)18(24)23-15-7-9-21-10-8-15/h1-11,16H,12,20H2,(H,22,25)(H,21,23,24). The van der Waals surface area contributed by atoms with Gasteiger partial charge in [0, 0.05) is 36.2 Å². The predicted molar refractivity (Wildman–Crippen MR) is 102 cm³/mol. The molecule has 1 atom stereocenters. The highest BCUT2D eigenvalue weighted by Gasteiger charge is 2.12. The van der Waals surface area contributed by atoms with Gasteiger partial charge >= 0.3 is 0 Å². The number of benzene rings is 1. The van der Waals surface area contributed by atoms with Crippen molar-refractivity contribution in [3.63, 3.8) is 0 Å². The van der Waals surface area contributed by atoms with Crippen LogP contribution in [0.2, 0.25) is 0 Å². The van der Waals surface area contributed by atoms with E-state index in [1.165, 1.54) is 11.3 Å². The van der Waals surface area contributed by atoms with Crippen molar-refractivity contribution in [3.05, 3.63) is 82.3 Å². The maximum atomic E-state index is 12.2. The van der Waals surface area contributed by atoms with Crippen LogP contribution in [-0.2, 0) is 0 Å². The summed E-state index contributed by atoms with van der Waals surface area (Å²) >= 11 is 1.38. The Morgan fingerprint density at radius 3 is 2.42 bits per heavy atom. The smallest absolute Gasteiger partial charge is 0.261 e. The van der Waals surface area contributed by atoms with Gasteiger partial charge in [-0.25, -0.2) is 0 Å². The fraction of sp³-hybridized carbons (Fsp3) is 0.105. The molecule has 3 rings (SSSR count). The molecule has 2 aromatic heterocycles. The average molecular weight is 366 g/mol. The third-order valence-corrected chi connectivity index (χ3v) is 4.64. The molecule has 0 aliphatic heterocycles. The second kappa shape index (κ2) is 8.37. The van der Waals surface area contributed by atoms with Crippen molar-refractivity contribution in [2.75, 3.05) is 11.9 Å². The minimum atomic E-state index is -0.351. The van der Waals surface area contributed by atoms with Gasteiger partial charge in [0.2, 0.25) is 0 Å². The van der Waals surface area contributed by atoms with Crippen molar-refractivity contribution in [3.8, 4) is 0 Å². The number of anilines is 1. The zero-order chi connectivity index (χ0) is 18.4. The van der Waals surface area contributed by atoms with Gasteiger partial charge in [-0.2, -0.15) is 0 Å². The Hall–Kier alpha value is -3.03. The number of nitrogens with two attached hydrogens (primary N) is 1. The lowest BCUT2D eigenvalue weighted by atomic mass is 10.0. The lowest BCUT2D eigenvalue weighted by Crippen LogP contribution is -2.31. The van der Waals surface area contributed by atoms with Gasteiger partial charge in [0.05, 0.1) is 4.88 Å². The van der Waals surface area contributed by atoms with Crippen LogP contribution >= 0.6 is 11.3 Å². The summed E-state index contributed by atoms with van der Waals surface area (Å²) in [5.41, 5.74) is 8.18. The van der Waals surface area contributed by atoms with Gasteiger partial charge in [0.25, 0.3) is 11.8 Å². The SMILES string of the molecule is NC(CNC(=O)c1cccs1)c1ccc(C(=O)Nc2ccncc2)cc1. The molecule has 0 fully saturated rings. The van der Waals surface area contributed by atoms with E-state index in [1.54, 1.807) is 54.9 Å². The number of nitrogens with zero attached hydrogens (tertiary/aromatic N) is 1. The van der Waals surface area contributed by atoms with Gasteiger partial charge in [-0.05, 0) is 41.3 Å². The van der Waals surface area contributed by atoms with Crippen LogP contribution in [0.25, 0.3) is 0 Å². The molecule has 6 nitrogen and oxygen atoms in total. The monoisotopic (exact) mass is 366 g/mol. The summed E-state index contributed by atoms with van der Waals surface area (Å²) in [6.07, 6.45) is 3.23. The summed E-state index contributed by atoms with van der Waals surface area (Å²) < 4.78 is 0. The van der Waals surface area contributed by atoms with E-state index in [9.17, 15) is 9.59 Å². The second-order valence-corrected chi connectivity index (χ2v) is 6.55. The number of amides is 2. The highest BCUT2D eigenvalue weighted by Crippen LogP contribution is 2.14. The number of thiophene rings is 1. The van der Waals surface area contributed by atoms with Crippen molar-refractivity contribution < 1.29 is 9.59 Å². The van der Waals surface area contributed by atoms with Crippen LogP contribution in [0.5, 0.6) is 0 Å². The zero-order valence-corrected chi connectivity index (χ0v) is 14.7. The molecule has 0 radical (unpaired) electrons. The number of rotatable bonds is 6. The second-order valence-electron chi connectivity index (χ2n) is 5.61. The number of carbonyl (C=O) groups excluding carboxylic acids is 2. The number of pyridine rings is 1. The first-order valence-electron chi connectivity index (χ1n) is 8.02. The quantitative estimate of drug-likeness (QED) is 0.625. The molecule has 26 heavy (non-hydrogen) atoms. The average Bonchev–Trinajstić information content (AvgIpc) is 3.21. The molecule has 0 saturated heterocycles. The van der Waals surface area contributed by atoms with E-state index in [-0.39, 0.29) is 17.9 Å². The van der Waals surface area contributed by atoms with Crippen LogP contribution in [0, 0.1) is 0 Å². The number of hydrogen-bond acceptors (Lipinski definition) is 5. The van der Waals surface area contributed by atoms with Crippen molar-refractivity contribution >= 4 is 28.8 Å². The number of aromatic nitrogens is 1. The van der Waals surface area contributed by atoms with Gasteiger partial charge in [-0.15, -0.1) is 11.3 Å². The van der Waals surface area contributed by atoms with E-state index < -0.39 is 0 Å². The van der Waals surface area contributed by atoms with Gasteiger partial charge in [0.15, 0.2) is 0 Å². The van der Waals surface area contributed by atoms with Crippen LogP contribution in [0.1, 0.15) is 31.6 Å². The normalized spacial score (nSPS) is 11.6. The maximum Gasteiger partial charge on any atom is 0.261 e. The lowest BCUT2D eigenvalue weighted by molar-refractivity contribution is 0.0954. The number of hydrogen-bond donors (Lipinski definition) is 3. The molecule has 7 heteroatoms. The minimum Gasteiger partial charge on any atom is -0.349 e. The molecule has 1 aromatic carbocycles. The van der Waals surface area contributed by atoms with Crippen molar-refractivity contribution in [2.24, 2.45) is 5.73 Å². The molecule has 132 valence electrons. The molecule has 0 aliphatic carbocycles. The molecule has 0 bridgehead atoms. The van der Waals surface area contributed by atoms with Crippen LogP contribution in [0.3, 0.4) is 0 Å². The first-order chi connectivity index (χ1) is 12.6. The molecular formula is C19H18N4O2S. The van der Waals surface area contributed by atoms with Gasteiger partial charge in [-0.3, -0.25) is 14.6 Å². The summed E-state index contributed by atoms with van der Waals surface area (Å²) in [5.74, 6) is -0.342. The summed E-state index contributed by atoms with van der Waals surface area (Å²) in [6, 6.07) is 13.7. The molecule has 4 N–H and O–H groups in total. The molecule has 0 aliphatic rings. The zero-order valence-electron chi connectivity index (χ0n) is 13.9. The Kier molecular flexibility index (Phi) is 5.73. The Bertz CT molecular complexity index is 864. The summed E-state index contributed by atoms with van der Waals surface area (Å²) in [5, 5.41) is 7.46. The first-order valence-corrected chi connectivity index (χ1v) is 8.90. The fourth-order valence-corrected chi connectivity index (χ4v) is 2.98. The van der Waals surface area contributed by atoms with E-state index >= 15 is 0 Å². The molecular weight excluding hydrogens is 348 g/mol.